The first-order chi connectivity index (χ1) is 16.4. The lowest BCUT2D eigenvalue weighted by molar-refractivity contribution is -0.219. The van der Waals surface area contributed by atoms with Crippen LogP contribution in [0.25, 0.3) is 5.69 Å². The highest BCUT2D eigenvalue weighted by Gasteiger charge is 2.46. The van der Waals surface area contributed by atoms with E-state index in [-0.39, 0.29) is 11.4 Å². The van der Waals surface area contributed by atoms with Crippen molar-refractivity contribution >= 4 is 18.1 Å². The van der Waals surface area contributed by atoms with Crippen LogP contribution in [0.1, 0.15) is 19.0 Å². The minimum atomic E-state index is -1.42. The maximum Gasteiger partial charge on any atom is 0.217 e. The fourth-order valence-corrected chi connectivity index (χ4v) is 4.24. The van der Waals surface area contributed by atoms with Gasteiger partial charge in [-0.15, -0.1) is 0 Å². The first kappa shape index (κ1) is 24.0. The van der Waals surface area contributed by atoms with Gasteiger partial charge in [0.05, 0.1) is 6.61 Å². The number of nitrogens with zero attached hydrogens (tertiary/aromatic N) is 3. The van der Waals surface area contributed by atoms with Crippen LogP contribution in [0.3, 0.4) is 0 Å². The van der Waals surface area contributed by atoms with Crippen molar-refractivity contribution in [2.45, 2.75) is 44.1 Å². The van der Waals surface area contributed by atoms with Crippen molar-refractivity contribution in [3.63, 3.8) is 0 Å². The van der Waals surface area contributed by atoms with E-state index < -0.39 is 43.1 Å². The molecular weight excluding hydrogens is 460 g/mol. The lowest BCUT2D eigenvalue weighted by atomic mass is 9.96. The molecule has 0 unspecified atom stereocenters. The van der Waals surface area contributed by atoms with Gasteiger partial charge in [-0.1, -0.05) is 36.4 Å². The normalized spacial score (nSPS) is 24.5. The second kappa shape index (κ2) is 10.5. The third-order valence-corrected chi connectivity index (χ3v) is 5.87. The smallest absolute Gasteiger partial charge is 0.217 e. The van der Waals surface area contributed by atoms with Crippen LogP contribution in [0.4, 0.5) is 0 Å². The van der Waals surface area contributed by atoms with Gasteiger partial charge >= 0.3 is 0 Å². The molecule has 1 amide bonds. The van der Waals surface area contributed by atoms with E-state index in [4.69, 9.17) is 21.7 Å². The minimum Gasteiger partial charge on any atom is -0.486 e. The van der Waals surface area contributed by atoms with Gasteiger partial charge in [0.2, 0.25) is 10.7 Å². The van der Waals surface area contributed by atoms with Crippen LogP contribution < -0.4 is 10.1 Å². The molecule has 1 aliphatic heterocycles. The third kappa shape index (κ3) is 4.88. The number of benzene rings is 2. The maximum absolute atomic E-state index is 11.8. The Hall–Kier alpha value is -3.09. The number of rotatable bonds is 7. The Kier molecular flexibility index (Phi) is 7.39. The fraction of sp³-hybridized carbons (Fsp3) is 0.348. The molecule has 34 heavy (non-hydrogen) atoms. The molecule has 5 atom stereocenters. The molecule has 2 heterocycles. The molecule has 0 bridgehead atoms. The Balaban J connectivity index is 1.77. The summed E-state index contributed by atoms with van der Waals surface area (Å²) in [5.41, 5.74) is 0.733. The summed E-state index contributed by atoms with van der Waals surface area (Å²) in [7, 11) is 0. The molecule has 2 aromatic carbocycles. The first-order valence-electron chi connectivity index (χ1n) is 10.7. The average Bonchev–Trinajstić information content (AvgIpc) is 3.17. The number of amides is 1. The number of carbonyl (C=O) groups is 1. The van der Waals surface area contributed by atoms with Gasteiger partial charge in [-0.25, -0.2) is 4.68 Å². The van der Waals surface area contributed by atoms with Gasteiger partial charge in [0.1, 0.15) is 36.7 Å². The predicted molar refractivity (Wildman–Crippen MR) is 124 cm³/mol. The van der Waals surface area contributed by atoms with Crippen LogP contribution in [0.2, 0.25) is 0 Å². The van der Waals surface area contributed by atoms with Gasteiger partial charge in [0.15, 0.2) is 12.1 Å². The zero-order chi connectivity index (χ0) is 24.2. The van der Waals surface area contributed by atoms with E-state index >= 15 is 0 Å². The van der Waals surface area contributed by atoms with Gasteiger partial charge in [-0.3, -0.25) is 9.36 Å². The second-order valence-electron chi connectivity index (χ2n) is 7.87. The standard InChI is InChI=1S/C23H26N4O6S/c1-14(29)24-19-21(31)20(30)17(12-28)33-22(19)27-23(34)26(15-8-4-2-5-9-15)18(25-27)13-32-16-10-6-3-7-11-16/h2-11,17,19-22,28,30-31H,12-13H2,1H3,(H,24,29)/t17-,19-,20+,21+,22-/m0/s1. The SMILES string of the molecule is CC(=O)N[C@H]1[C@@H](O)[C@H](O)[C@H](CO)O[C@@H]1n1nc(COc2ccccc2)n(-c2ccccc2)c1=S. The van der Waals surface area contributed by atoms with Crippen molar-refractivity contribution in [3.05, 3.63) is 71.3 Å². The zero-order valence-corrected chi connectivity index (χ0v) is 19.2. The van der Waals surface area contributed by atoms with E-state index in [1.54, 1.807) is 4.57 Å². The monoisotopic (exact) mass is 486 g/mol. The van der Waals surface area contributed by atoms with Crippen molar-refractivity contribution in [1.29, 1.82) is 0 Å². The summed E-state index contributed by atoms with van der Waals surface area (Å²) in [6, 6.07) is 17.5. The summed E-state index contributed by atoms with van der Waals surface area (Å²) >= 11 is 5.72. The number of hydrogen-bond donors (Lipinski definition) is 4. The largest absolute Gasteiger partial charge is 0.486 e. The Morgan fingerprint density at radius 3 is 2.38 bits per heavy atom. The summed E-state index contributed by atoms with van der Waals surface area (Å²) in [4.78, 5) is 11.8. The van der Waals surface area contributed by atoms with Gasteiger partial charge < -0.3 is 30.1 Å². The van der Waals surface area contributed by atoms with Crippen LogP contribution in [0, 0.1) is 4.77 Å². The Morgan fingerprint density at radius 2 is 1.76 bits per heavy atom. The molecule has 10 nitrogen and oxygen atoms in total. The number of nitrogens with one attached hydrogen (secondary N) is 1. The molecule has 3 aromatic rings. The van der Waals surface area contributed by atoms with Crippen molar-refractivity contribution in [1.82, 2.24) is 19.7 Å². The molecule has 1 fully saturated rings. The van der Waals surface area contributed by atoms with E-state index in [9.17, 15) is 20.1 Å². The summed E-state index contributed by atoms with van der Waals surface area (Å²) < 4.78 is 15.0. The predicted octanol–water partition coefficient (Wildman–Crippen LogP) is 1.10. The van der Waals surface area contributed by atoms with Crippen LogP contribution in [-0.2, 0) is 16.1 Å². The van der Waals surface area contributed by atoms with Gasteiger partial charge in [0.25, 0.3) is 0 Å². The van der Waals surface area contributed by atoms with Crippen molar-refractivity contribution in [2.75, 3.05) is 6.61 Å². The fourth-order valence-electron chi connectivity index (χ4n) is 3.88. The highest BCUT2D eigenvalue weighted by atomic mass is 32.1. The lowest BCUT2D eigenvalue weighted by Crippen LogP contribution is -2.62. The summed E-state index contributed by atoms with van der Waals surface area (Å²) in [6.07, 6.45) is -5.03. The van der Waals surface area contributed by atoms with Crippen LogP contribution in [0.5, 0.6) is 5.75 Å². The number of para-hydroxylation sites is 2. The van der Waals surface area contributed by atoms with E-state index in [1.807, 2.05) is 60.7 Å². The molecule has 0 aliphatic carbocycles. The van der Waals surface area contributed by atoms with E-state index in [2.05, 4.69) is 10.4 Å². The topological polar surface area (TPSA) is 131 Å². The molecule has 0 spiro atoms. The van der Waals surface area contributed by atoms with E-state index in [0.717, 1.165) is 5.69 Å². The Labute approximate surface area is 201 Å². The highest BCUT2D eigenvalue weighted by molar-refractivity contribution is 7.71. The highest BCUT2D eigenvalue weighted by Crippen LogP contribution is 2.29. The third-order valence-electron chi connectivity index (χ3n) is 5.51. The van der Waals surface area contributed by atoms with Crippen molar-refractivity contribution < 1.29 is 29.6 Å². The molecule has 180 valence electrons. The molecule has 0 radical (unpaired) electrons. The number of aliphatic hydroxyl groups is 3. The molecule has 11 heteroatoms. The second-order valence-corrected chi connectivity index (χ2v) is 8.24. The molecular formula is C23H26N4O6S. The van der Waals surface area contributed by atoms with Crippen LogP contribution in [-0.4, -0.2) is 66.5 Å². The van der Waals surface area contributed by atoms with Crippen LogP contribution >= 0.6 is 12.2 Å². The lowest BCUT2D eigenvalue weighted by Gasteiger charge is -2.42. The Morgan fingerprint density at radius 1 is 1.12 bits per heavy atom. The number of carbonyl (C=O) groups excluding carboxylic acids is 1. The maximum atomic E-state index is 11.8. The quantitative estimate of drug-likeness (QED) is 0.365. The average molecular weight is 487 g/mol. The number of aliphatic hydroxyl groups excluding tert-OH is 3. The summed E-state index contributed by atoms with van der Waals surface area (Å²) in [6.45, 7) is 0.815. The number of hydrogen-bond acceptors (Lipinski definition) is 8. The van der Waals surface area contributed by atoms with E-state index in [1.165, 1.54) is 11.6 Å². The van der Waals surface area contributed by atoms with Crippen molar-refractivity contribution in [2.24, 2.45) is 0 Å². The van der Waals surface area contributed by atoms with E-state index in [0.29, 0.717) is 11.6 Å². The van der Waals surface area contributed by atoms with Crippen LogP contribution in [0.15, 0.2) is 60.7 Å². The van der Waals surface area contributed by atoms with Gasteiger partial charge in [0, 0.05) is 12.6 Å². The Bertz CT molecular complexity index is 1170. The molecule has 1 saturated heterocycles. The molecule has 4 N–H and O–H groups in total. The summed E-state index contributed by atoms with van der Waals surface area (Å²) in [5, 5.41) is 37.9. The number of aromatic nitrogens is 3. The van der Waals surface area contributed by atoms with Crippen molar-refractivity contribution in [3.8, 4) is 11.4 Å². The molecule has 4 rings (SSSR count). The summed E-state index contributed by atoms with van der Waals surface area (Å²) in [5.74, 6) is 0.659. The molecule has 0 saturated carbocycles. The minimum absolute atomic E-state index is 0.0711. The molecule has 1 aliphatic rings. The van der Waals surface area contributed by atoms with Gasteiger partial charge in [-0.05, 0) is 36.5 Å². The first-order valence-corrected chi connectivity index (χ1v) is 11.1. The van der Waals surface area contributed by atoms with Gasteiger partial charge in [-0.2, -0.15) is 5.10 Å². The number of ether oxygens (including phenoxy) is 2. The zero-order valence-electron chi connectivity index (χ0n) is 18.4. The molecule has 1 aromatic heterocycles.